The normalized spacial score (nSPS) is 10.4. The zero-order valence-electron chi connectivity index (χ0n) is 15.4. The maximum atomic E-state index is 12.4. The van der Waals surface area contributed by atoms with E-state index in [1.54, 1.807) is 42.5 Å². The van der Waals surface area contributed by atoms with Gasteiger partial charge in [0, 0.05) is 12.1 Å². The molecular formula is C23H20ClNO3. The lowest BCUT2D eigenvalue weighted by atomic mass is 10.1. The van der Waals surface area contributed by atoms with E-state index in [1.807, 2.05) is 37.3 Å². The number of hydrogen-bond donors (Lipinski definition) is 1. The molecule has 0 aromatic heterocycles. The predicted molar refractivity (Wildman–Crippen MR) is 111 cm³/mol. The fraction of sp³-hybridized carbons (Fsp3) is 0.130. The lowest BCUT2D eigenvalue weighted by Gasteiger charge is -2.10. The predicted octanol–water partition coefficient (Wildman–Crippen LogP) is 5.09. The van der Waals surface area contributed by atoms with E-state index >= 15 is 0 Å². The number of ketones is 1. The monoisotopic (exact) mass is 393 g/mol. The van der Waals surface area contributed by atoms with E-state index in [0.717, 1.165) is 11.1 Å². The van der Waals surface area contributed by atoms with Crippen molar-refractivity contribution in [1.82, 2.24) is 0 Å². The molecule has 142 valence electrons. The number of aryl methyl sites for hydroxylation is 1. The Bertz CT molecular complexity index is 1000. The highest BCUT2D eigenvalue weighted by Crippen LogP contribution is 2.19. The van der Waals surface area contributed by atoms with Crippen LogP contribution in [0, 0.1) is 6.92 Å². The number of anilines is 1. The summed E-state index contributed by atoms with van der Waals surface area (Å²) in [5.74, 6) is 0.367. The summed E-state index contributed by atoms with van der Waals surface area (Å²) >= 11 is 6.06. The standard InChI is InChI=1S/C23H20ClNO3/c1-16-7-2-5-12-22(16)28-15-19(26)14-17-8-6-9-18(13-17)25-23(27)20-10-3-4-11-21(20)24/h2-13H,14-15H2,1H3,(H,25,27). The number of ether oxygens (including phenoxy) is 1. The zero-order valence-corrected chi connectivity index (χ0v) is 16.2. The number of para-hydroxylation sites is 1. The van der Waals surface area contributed by atoms with Crippen molar-refractivity contribution in [3.05, 3.63) is 94.5 Å². The van der Waals surface area contributed by atoms with Gasteiger partial charge in [-0.25, -0.2) is 0 Å². The number of Topliss-reactive ketones (excluding diaryl/α,β-unsaturated/α-hetero) is 1. The molecule has 4 nitrogen and oxygen atoms in total. The minimum Gasteiger partial charge on any atom is -0.486 e. The molecule has 0 aliphatic rings. The van der Waals surface area contributed by atoms with Crippen LogP contribution in [0.5, 0.6) is 5.75 Å². The third kappa shape index (κ3) is 5.21. The summed E-state index contributed by atoms with van der Waals surface area (Å²) in [5.41, 5.74) is 2.79. The molecule has 3 aromatic carbocycles. The topological polar surface area (TPSA) is 55.4 Å². The molecule has 0 saturated heterocycles. The van der Waals surface area contributed by atoms with Crippen LogP contribution in [0.2, 0.25) is 5.02 Å². The van der Waals surface area contributed by atoms with Crippen molar-refractivity contribution in [2.75, 3.05) is 11.9 Å². The first kappa shape index (κ1) is 19.6. The second kappa shape index (κ2) is 9.20. The molecule has 1 N–H and O–H groups in total. The summed E-state index contributed by atoms with van der Waals surface area (Å²) in [7, 11) is 0. The van der Waals surface area contributed by atoms with Gasteiger partial charge in [0.25, 0.3) is 5.91 Å². The summed E-state index contributed by atoms with van der Waals surface area (Å²) < 4.78 is 5.60. The van der Waals surface area contributed by atoms with Crippen LogP contribution in [-0.2, 0) is 11.2 Å². The van der Waals surface area contributed by atoms with Crippen LogP contribution in [0.25, 0.3) is 0 Å². The van der Waals surface area contributed by atoms with Gasteiger partial charge in [0.1, 0.15) is 12.4 Å². The Hall–Kier alpha value is -3.11. The maximum absolute atomic E-state index is 12.4. The van der Waals surface area contributed by atoms with E-state index < -0.39 is 0 Å². The van der Waals surface area contributed by atoms with Crippen molar-refractivity contribution >= 4 is 29.0 Å². The first-order valence-corrected chi connectivity index (χ1v) is 9.25. The Morgan fingerprint density at radius 3 is 2.50 bits per heavy atom. The van der Waals surface area contributed by atoms with Crippen LogP contribution in [0.1, 0.15) is 21.5 Å². The van der Waals surface area contributed by atoms with Crippen LogP contribution in [-0.4, -0.2) is 18.3 Å². The first-order chi connectivity index (χ1) is 13.5. The molecule has 1 amide bonds. The van der Waals surface area contributed by atoms with Gasteiger partial charge in [-0.2, -0.15) is 0 Å². The van der Waals surface area contributed by atoms with Gasteiger partial charge in [0.2, 0.25) is 0 Å². The average molecular weight is 394 g/mol. The smallest absolute Gasteiger partial charge is 0.257 e. The minimum absolute atomic E-state index is 0.00105. The molecule has 3 rings (SSSR count). The number of carbonyl (C=O) groups is 2. The average Bonchev–Trinajstić information content (AvgIpc) is 2.68. The van der Waals surface area contributed by atoms with Gasteiger partial charge in [-0.3, -0.25) is 9.59 Å². The van der Waals surface area contributed by atoms with Crippen LogP contribution < -0.4 is 10.1 Å². The van der Waals surface area contributed by atoms with Crippen molar-refractivity contribution in [3.8, 4) is 5.75 Å². The number of hydrogen-bond acceptors (Lipinski definition) is 3. The third-order valence-electron chi connectivity index (χ3n) is 4.19. The summed E-state index contributed by atoms with van der Waals surface area (Å²) in [6.07, 6.45) is 0.224. The lowest BCUT2D eigenvalue weighted by molar-refractivity contribution is -0.120. The SMILES string of the molecule is Cc1ccccc1OCC(=O)Cc1cccc(NC(=O)c2ccccc2Cl)c1. The Morgan fingerprint density at radius 2 is 1.71 bits per heavy atom. The highest BCUT2D eigenvalue weighted by atomic mass is 35.5. The van der Waals surface area contributed by atoms with Crippen LogP contribution in [0.4, 0.5) is 5.69 Å². The molecule has 0 spiro atoms. The summed E-state index contributed by atoms with van der Waals surface area (Å²) in [6, 6.07) is 21.6. The Balaban J connectivity index is 1.60. The van der Waals surface area contributed by atoms with Gasteiger partial charge in [-0.05, 0) is 48.4 Å². The lowest BCUT2D eigenvalue weighted by Crippen LogP contribution is -2.15. The molecule has 3 aromatic rings. The molecule has 0 unspecified atom stereocenters. The van der Waals surface area contributed by atoms with E-state index in [4.69, 9.17) is 16.3 Å². The van der Waals surface area contributed by atoms with Crippen molar-refractivity contribution in [2.45, 2.75) is 13.3 Å². The third-order valence-corrected chi connectivity index (χ3v) is 4.52. The second-order valence-electron chi connectivity index (χ2n) is 6.40. The molecule has 0 atom stereocenters. The van der Waals surface area contributed by atoms with E-state index in [1.165, 1.54) is 0 Å². The van der Waals surface area contributed by atoms with Gasteiger partial charge >= 0.3 is 0 Å². The molecule has 0 heterocycles. The largest absolute Gasteiger partial charge is 0.486 e. The molecule has 5 heteroatoms. The molecule has 0 aliphatic carbocycles. The Labute approximate surface area is 169 Å². The fourth-order valence-electron chi connectivity index (χ4n) is 2.76. The van der Waals surface area contributed by atoms with Crippen molar-refractivity contribution in [1.29, 1.82) is 0 Å². The quantitative estimate of drug-likeness (QED) is 0.608. The Morgan fingerprint density at radius 1 is 0.964 bits per heavy atom. The van der Waals surface area contributed by atoms with Crippen LogP contribution in [0.3, 0.4) is 0 Å². The van der Waals surface area contributed by atoms with Crippen LogP contribution in [0.15, 0.2) is 72.8 Å². The zero-order chi connectivity index (χ0) is 19.9. The van der Waals surface area contributed by atoms with Crippen molar-refractivity contribution in [2.24, 2.45) is 0 Å². The molecule has 0 bridgehead atoms. The van der Waals surface area contributed by atoms with E-state index in [-0.39, 0.29) is 24.7 Å². The molecule has 0 aliphatic heterocycles. The summed E-state index contributed by atoms with van der Waals surface area (Å²) in [6.45, 7) is 1.94. The highest BCUT2D eigenvalue weighted by Gasteiger charge is 2.11. The summed E-state index contributed by atoms with van der Waals surface area (Å²) in [4.78, 5) is 24.6. The minimum atomic E-state index is -0.294. The van der Waals surface area contributed by atoms with E-state index in [0.29, 0.717) is 22.0 Å². The molecule has 0 radical (unpaired) electrons. The fourth-order valence-corrected chi connectivity index (χ4v) is 2.98. The van der Waals surface area contributed by atoms with Gasteiger partial charge < -0.3 is 10.1 Å². The van der Waals surface area contributed by atoms with E-state index in [9.17, 15) is 9.59 Å². The maximum Gasteiger partial charge on any atom is 0.257 e. The number of nitrogens with one attached hydrogen (secondary N) is 1. The molecule has 0 fully saturated rings. The highest BCUT2D eigenvalue weighted by molar-refractivity contribution is 6.34. The van der Waals surface area contributed by atoms with Crippen LogP contribution >= 0.6 is 11.6 Å². The van der Waals surface area contributed by atoms with Gasteiger partial charge in [0.15, 0.2) is 5.78 Å². The number of carbonyl (C=O) groups excluding carboxylic acids is 2. The number of benzene rings is 3. The van der Waals surface area contributed by atoms with Crippen molar-refractivity contribution < 1.29 is 14.3 Å². The number of amides is 1. The number of rotatable bonds is 7. The first-order valence-electron chi connectivity index (χ1n) is 8.88. The van der Waals surface area contributed by atoms with Gasteiger partial charge in [-0.15, -0.1) is 0 Å². The van der Waals surface area contributed by atoms with Gasteiger partial charge in [-0.1, -0.05) is 54.1 Å². The molecule has 0 saturated carbocycles. The molecule has 28 heavy (non-hydrogen) atoms. The molecular weight excluding hydrogens is 374 g/mol. The second-order valence-corrected chi connectivity index (χ2v) is 6.81. The summed E-state index contributed by atoms with van der Waals surface area (Å²) in [5, 5.41) is 3.20. The van der Waals surface area contributed by atoms with E-state index in [2.05, 4.69) is 5.32 Å². The van der Waals surface area contributed by atoms with Crippen molar-refractivity contribution in [3.63, 3.8) is 0 Å². The number of halogens is 1. The Kier molecular flexibility index (Phi) is 6.45. The van der Waals surface area contributed by atoms with Gasteiger partial charge in [0.05, 0.1) is 10.6 Å².